The van der Waals surface area contributed by atoms with Crippen molar-refractivity contribution in [2.75, 3.05) is 32.7 Å². The Morgan fingerprint density at radius 1 is 1.22 bits per heavy atom. The van der Waals surface area contributed by atoms with Crippen LogP contribution >= 0.6 is 0 Å². The third-order valence-corrected chi connectivity index (χ3v) is 7.06. The number of aromatic nitrogens is 2. The minimum Gasteiger partial charge on any atom is -0.476 e. The third-order valence-electron chi connectivity index (χ3n) is 7.06. The van der Waals surface area contributed by atoms with Gasteiger partial charge in [0.2, 0.25) is 0 Å². The summed E-state index contributed by atoms with van der Waals surface area (Å²) in [7, 11) is 0. The SMILES string of the molecule is CC1C=CC(C(F)(F)F)=CC1CN1CCC2(CCN(C(=O)n3ccc(C(=O)O)n3)CC2)C1. The van der Waals surface area contributed by atoms with Gasteiger partial charge in [-0.15, -0.1) is 0 Å². The van der Waals surface area contributed by atoms with Crippen molar-refractivity contribution < 1.29 is 27.9 Å². The second kappa shape index (κ2) is 8.38. The molecule has 1 aromatic heterocycles. The maximum absolute atomic E-state index is 13.1. The van der Waals surface area contributed by atoms with Crippen molar-refractivity contribution in [2.45, 2.75) is 32.4 Å². The summed E-state index contributed by atoms with van der Waals surface area (Å²) >= 11 is 0. The normalized spacial score (nSPS) is 25.9. The van der Waals surface area contributed by atoms with Crippen LogP contribution in [0.15, 0.2) is 36.1 Å². The zero-order chi connectivity index (χ0) is 23.1. The van der Waals surface area contributed by atoms with Gasteiger partial charge in [0, 0.05) is 32.4 Å². The first-order chi connectivity index (χ1) is 15.1. The number of aromatic carboxylic acids is 1. The molecule has 0 radical (unpaired) electrons. The lowest BCUT2D eigenvalue weighted by Gasteiger charge is -2.39. The largest absolute Gasteiger partial charge is 0.476 e. The number of nitrogens with zero attached hydrogens (tertiary/aromatic N) is 4. The number of carbonyl (C=O) groups is 2. The minimum atomic E-state index is -4.32. The van der Waals surface area contributed by atoms with Gasteiger partial charge in [0.25, 0.3) is 0 Å². The van der Waals surface area contributed by atoms with Crippen LogP contribution in [0.4, 0.5) is 18.0 Å². The molecule has 1 spiro atoms. The van der Waals surface area contributed by atoms with E-state index in [1.54, 1.807) is 11.0 Å². The van der Waals surface area contributed by atoms with Crippen molar-refractivity contribution in [3.63, 3.8) is 0 Å². The van der Waals surface area contributed by atoms with E-state index in [4.69, 9.17) is 5.11 Å². The Morgan fingerprint density at radius 3 is 2.53 bits per heavy atom. The summed E-state index contributed by atoms with van der Waals surface area (Å²) in [6, 6.07) is 0.954. The van der Waals surface area contributed by atoms with Crippen LogP contribution in [0.25, 0.3) is 0 Å². The maximum Gasteiger partial charge on any atom is 0.416 e. The zero-order valence-electron chi connectivity index (χ0n) is 17.9. The molecule has 2 aliphatic heterocycles. The first kappa shape index (κ1) is 22.6. The van der Waals surface area contributed by atoms with E-state index in [-0.39, 0.29) is 29.0 Å². The van der Waals surface area contributed by atoms with Gasteiger partial charge in [0.05, 0.1) is 5.57 Å². The van der Waals surface area contributed by atoms with Gasteiger partial charge < -0.3 is 14.9 Å². The van der Waals surface area contributed by atoms with Crippen molar-refractivity contribution in [3.05, 3.63) is 41.8 Å². The molecule has 3 aliphatic rings. The van der Waals surface area contributed by atoms with Gasteiger partial charge in [-0.1, -0.05) is 25.2 Å². The molecule has 10 heteroatoms. The summed E-state index contributed by atoms with van der Waals surface area (Å²) in [6.45, 7) is 5.32. The first-order valence-electron chi connectivity index (χ1n) is 10.8. The number of piperidine rings is 1. The summed E-state index contributed by atoms with van der Waals surface area (Å²) in [5.74, 6) is -1.29. The second-order valence-electron chi connectivity index (χ2n) is 9.21. The van der Waals surface area contributed by atoms with Gasteiger partial charge in [-0.3, -0.25) is 0 Å². The molecule has 174 valence electrons. The molecule has 0 saturated carbocycles. The van der Waals surface area contributed by atoms with E-state index in [0.29, 0.717) is 19.6 Å². The smallest absolute Gasteiger partial charge is 0.416 e. The lowest BCUT2D eigenvalue weighted by molar-refractivity contribution is -0.0891. The number of amides is 1. The average molecular weight is 452 g/mol. The Morgan fingerprint density at radius 2 is 1.91 bits per heavy atom. The Balaban J connectivity index is 1.33. The quantitative estimate of drug-likeness (QED) is 0.758. The summed E-state index contributed by atoms with van der Waals surface area (Å²) in [6.07, 6.45) is 3.82. The van der Waals surface area contributed by atoms with E-state index in [0.717, 1.165) is 37.0 Å². The molecule has 1 amide bonds. The van der Waals surface area contributed by atoms with Crippen molar-refractivity contribution in [1.82, 2.24) is 19.6 Å². The first-order valence-corrected chi connectivity index (χ1v) is 10.8. The Hall–Kier alpha value is -2.62. The van der Waals surface area contributed by atoms with E-state index in [1.165, 1.54) is 24.4 Å². The van der Waals surface area contributed by atoms with Crippen molar-refractivity contribution in [2.24, 2.45) is 17.3 Å². The number of allylic oxidation sites excluding steroid dienone is 3. The van der Waals surface area contributed by atoms with Crippen molar-refractivity contribution in [3.8, 4) is 0 Å². The van der Waals surface area contributed by atoms with Crippen LogP contribution in [0.3, 0.4) is 0 Å². The highest BCUT2D eigenvalue weighted by Crippen LogP contribution is 2.41. The fraction of sp³-hybridized carbons (Fsp3) is 0.591. The highest BCUT2D eigenvalue weighted by Gasteiger charge is 2.42. The number of carboxylic acids is 1. The zero-order valence-corrected chi connectivity index (χ0v) is 17.9. The molecule has 32 heavy (non-hydrogen) atoms. The summed E-state index contributed by atoms with van der Waals surface area (Å²) < 4.78 is 40.4. The molecule has 1 N–H and O–H groups in total. The highest BCUT2D eigenvalue weighted by atomic mass is 19.4. The van der Waals surface area contributed by atoms with Gasteiger partial charge >= 0.3 is 18.2 Å². The lowest BCUT2D eigenvalue weighted by atomic mass is 9.78. The average Bonchev–Trinajstić information content (AvgIpc) is 3.37. The molecule has 2 unspecified atom stereocenters. The minimum absolute atomic E-state index is 0.0573. The standard InChI is InChI=1S/C22H27F3N4O3/c1-15-2-3-17(22(23,24)25)12-16(15)13-27-9-5-21(14-27)6-10-28(11-7-21)20(32)29-8-4-18(26-29)19(30)31/h2-4,8,12,15-16H,5-7,9-11,13-14H2,1H3,(H,30,31). The van der Waals surface area contributed by atoms with Crippen LogP contribution in [0.1, 0.15) is 36.7 Å². The van der Waals surface area contributed by atoms with E-state index in [1.807, 2.05) is 6.92 Å². The van der Waals surface area contributed by atoms with Gasteiger partial charge in [-0.05, 0) is 49.1 Å². The fourth-order valence-electron chi connectivity index (χ4n) is 5.00. The maximum atomic E-state index is 13.1. The third kappa shape index (κ3) is 4.60. The topological polar surface area (TPSA) is 78.7 Å². The van der Waals surface area contributed by atoms with Crippen LogP contribution in [0.2, 0.25) is 0 Å². The van der Waals surface area contributed by atoms with Crippen molar-refractivity contribution >= 4 is 12.0 Å². The second-order valence-corrected chi connectivity index (χ2v) is 9.21. The van der Waals surface area contributed by atoms with Crippen LogP contribution in [-0.4, -0.2) is 75.6 Å². The monoisotopic (exact) mass is 452 g/mol. The number of carbonyl (C=O) groups excluding carboxylic acids is 1. The van der Waals surface area contributed by atoms with Crippen LogP contribution < -0.4 is 0 Å². The molecule has 3 heterocycles. The molecule has 0 bridgehead atoms. The molecule has 1 aliphatic carbocycles. The summed E-state index contributed by atoms with van der Waals surface area (Å²) in [4.78, 5) is 27.5. The molecular formula is C22H27F3N4O3. The van der Waals surface area contributed by atoms with Crippen LogP contribution in [-0.2, 0) is 0 Å². The van der Waals surface area contributed by atoms with Gasteiger partial charge in [-0.25, -0.2) is 9.59 Å². The number of likely N-dealkylation sites (tertiary alicyclic amines) is 2. The van der Waals surface area contributed by atoms with E-state index >= 15 is 0 Å². The molecule has 7 nitrogen and oxygen atoms in total. The van der Waals surface area contributed by atoms with Crippen molar-refractivity contribution in [1.29, 1.82) is 0 Å². The molecular weight excluding hydrogens is 425 g/mol. The van der Waals surface area contributed by atoms with E-state index < -0.39 is 17.7 Å². The van der Waals surface area contributed by atoms with Gasteiger partial charge in [0.15, 0.2) is 5.69 Å². The summed E-state index contributed by atoms with van der Waals surface area (Å²) in [5.41, 5.74) is -0.670. The number of hydrogen-bond donors (Lipinski definition) is 1. The Labute approximate surface area is 184 Å². The van der Waals surface area contributed by atoms with E-state index in [2.05, 4.69) is 10.00 Å². The molecule has 1 aromatic rings. The molecule has 2 atom stereocenters. The predicted molar refractivity (Wildman–Crippen MR) is 110 cm³/mol. The van der Waals surface area contributed by atoms with Crippen LogP contribution in [0, 0.1) is 17.3 Å². The number of alkyl halides is 3. The van der Waals surface area contributed by atoms with E-state index in [9.17, 15) is 22.8 Å². The lowest BCUT2D eigenvalue weighted by Crippen LogP contribution is -2.46. The van der Waals surface area contributed by atoms with Gasteiger partial charge in [0.1, 0.15) is 0 Å². The predicted octanol–water partition coefficient (Wildman–Crippen LogP) is 3.65. The van der Waals surface area contributed by atoms with Gasteiger partial charge in [-0.2, -0.15) is 23.0 Å². The molecule has 4 rings (SSSR count). The Kier molecular flexibility index (Phi) is 5.91. The number of halogens is 3. The fourth-order valence-corrected chi connectivity index (χ4v) is 5.00. The van der Waals surface area contributed by atoms with Crippen LogP contribution in [0.5, 0.6) is 0 Å². The number of rotatable bonds is 3. The highest BCUT2D eigenvalue weighted by molar-refractivity contribution is 5.86. The molecule has 0 aromatic carbocycles. The molecule has 2 fully saturated rings. The molecule has 2 saturated heterocycles. The number of carboxylic acid groups (broad SMARTS) is 1. The number of hydrogen-bond acceptors (Lipinski definition) is 4. The Bertz CT molecular complexity index is 944. The summed E-state index contributed by atoms with van der Waals surface area (Å²) in [5, 5.41) is 12.8.